The van der Waals surface area contributed by atoms with Crippen molar-refractivity contribution in [2.45, 2.75) is 63.1 Å². The zero-order valence-corrected chi connectivity index (χ0v) is 20.7. The van der Waals surface area contributed by atoms with Gasteiger partial charge in [0.1, 0.15) is 0 Å². The van der Waals surface area contributed by atoms with Crippen LogP contribution < -0.4 is 0 Å². The molecule has 1 amide bonds. The van der Waals surface area contributed by atoms with Crippen LogP contribution in [0.25, 0.3) is 10.9 Å². The Bertz CT molecular complexity index is 1250. The van der Waals surface area contributed by atoms with Gasteiger partial charge in [0.2, 0.25) is 5.91 Å². The van der Waals surface area contributed by atoms with Crippen molar-refractivity contribution in [1.82, 2.24) is 14.7 Å². The molecule has 2 unspecified atom stereocenters. The molecule has 0 radical (unpaired) electrons. The third-order valence-electron chi connectivity index (χ3n) is 6.67. The molecule has 176 valence electrons. The summed E-state index contributed by atoms with van der Waals surface area (Å²) in [6, 6.07) is 13.4. The van der Waals surface area contributed by atoms with Gasteiger partial charge in [-0.3, -0.25) is 9.48 Å². The number of rotatable bonds is 7. The number of amides is 1. The largest absolute Gasteiger partial charge is 0.341 e. The first-order chi connectivity index (χ1) is 15.7. The lowest BCUT2D eigenvalue weighted by Crippen LogP contribution is -2.26. The lowest BCUT2D eigenvalue weighted by Gasteiger charge is -2.21. The highest BCUT2D eigenvalue weighted by Gasteiger charge is 2.31. The fourth-order valence-corrected chi connectivity index (χ4v) is 6.76. The summed E-state index contributed by atoms with van der Waals surface area (Å²) in [6.45, 7) is 9.15. The minimum atomic E-state index is -3.58. The lowest BCUT2D eigenvalue weighted by atomic mass is 10.0. The minimum Gasteiger partial charge on any atom is -0.341 e. The van der Waals surface area contributed by atoms with Crippen LogP contribution in [-0.2, 0) is 21.1 Å². The maximum absolute atomic E-state index is 13.8. The number of aryl methyl sites for hydroxylation is 1. The van der Waals surface area contributed by atoms with Gasteiger partial charge in [0, 0.05) is 25.4 Å². The van der Waals surface area contributed by atoms with Gasteiger partial charge in [0.25, 0.3) is 0 Å². The smallest absolute Gasteiger partial charge is 0.219 e. The van der Waals surface area contributed by atoms with E-state index in [2.05, 4.69) is 25.9 Å². The number of likely N-dealkylation sites (tertiary alicyclic amines) is 1. The monoisotopic (exact) mass is 467 g/mol. The molecule has 7 heteroatoms. The zero-order chi connectivity index (χ0) is 23.8. The van der Waals surface area contributed by atoms with E-state index in [1.165, 1.54) is 5.56 Å². The van der Waals surface area contributed by atoms with Crippen LogP contribution in [0.5, 0.6) is 0 Å². The van der Waals surface area contributed by atoms with E-state index in [0.29, 0.717) is 17.9 Å². The predicted octanol–water partition coefficient (Wildman–Crippen LogP) is 4.95. The van der Waals surface area contributed by atoms with Crippen LogP contribution in [0.2, 0.25) is 0 Å². The van der Waals surface area contributed by atoms with Crippen molar-refractivity contribution >= 4 is 26.6 Å². The van der Waals surface area contributed by atoms with Crippen LogP contribution in [0.1, 0.15) is 63.0 Å². The molecular formula is C26H33N3O3S. The number of carbonyl (C=O) groups excluding carboxylic acids is 1. The predicted molar refractivity (Wildman–Crippen MR) is 131 cm³/mol. The molecule has 4 rings (SSSR count). The number of hydrogen-bond donors (Lipinski definition) is 0. The van der Waals surface area contributed by atoms with E-state index >= 15 is 0 Å². The maximum atomic E-state index is 13.8. The average Bonchev–Trinajstić information content (AvgIpc) is 3.44. The first-order valence-electron chi connectivity index (χ1n) is 11.8. The Balaban J connectivity index is 1.67. The summed E-state index contributed by atoms with van der Waals surface area (Å²) in [6.07, 6.45) is 4.07. The average molecular weight is 468 g/mol. The molecule has 3 aromatic rings. The second-order valence-corrected chi connectivity index (χ2v) is 11.6. The molecule has 33 heavy (non-hydrogen) atoms. The van der Waals surface area contributed by atoms with Crippen LogP contribution in [0.4, 0.5) is 0 Å². The van der Waals surface area contributed by atoms with Crippen molar-refractivity contribution in [3.63, 3.8) is 0 Å². The topological polar surface area (TPSA) is 72.3 Å². The highest BCUT2D eigenvalue weighted by molar-refractivity contribution is 7.91. The zero-order valence-electron chi connectivity index (χ0n) is 19.9. The van der Waals surface area contributed by atoms with Crippen molar-refractivity contribution in [1.29, 1.82) is 0 Å². The van der Waals surface area contributed by atoms with E-state index < -0.39 is 15.1 Å². The second kappa shape index (κ2) is 9.29. The number of carbonyl (C=O) groups is 1. The molecule has 1 aromatic heterocycles. The molecule has 2 atom stereocenters. The number of aromatic nitrogens is 2. The molecule has 0 bridgehead atoms. The molecule has 0 saturated carbocycles. The van der Waals surface area contributed by atoms with Gasteiger partial charge in [0.15, 0.2) is 9.84 Å². The highest BCUT2D eigenvalue weighted by atomic mass is 32.2. The van der Waals surface area contributed by atoms with E-state index in [1.54, 1.807) is 25.3 Å². The van der Waals surface area contributed by atoms with Crippen molar-refractivity contribution < 1.29 is 13.2 Å². The van der Waals surface area contributed by atoms with Crippen molar-refractivity contribution in [2.24, 2.45) is 5.92 Å². The normalized spacial score (nSPS) is 17.7. The van der Waals surface area contributed by atoms with Crippen LogP contribution in [-0.4, -0.2) is 42.1 Å². The third kappa shape index (κ3) is 4.69. The van der Waals surface area contributed by atoms with Crippen molar-refractivity contribution in [3.05, 3.63) is 59.8 Å². The molecule has 1 aliphatic rings. The molecular weight excluding hydrogens is 434 g/mol. The molecule has 2 heterocycles. The minimum absolute atomic E-state index is 0.0745. The Labute approximate surface area is 196 Å². The Kier molecular flexibility index (Phi) is 6.61. The summed E-state index contributed by atoms with van der Waals surface area (Å²) >= 11 is 0. The van der Waals surface area contributed by atoms with Crippen LogP contribution in [0, 0.1) is 5.92 Å². The number of hydrogen-bond acceptors (Lipinski definition) is 4. The molecule has 6 nitrogen and oxygen atoms in total. The maximum Gasteiger partial charge on any atom is 0.219 e. The fraction of sp³-hybridized carbons (Fsp3) is 0.462. The van der Waals surface area contributed by atoms with E-state index in [4.69, 9.17) is 0 Å². The fourth-order valence-electron chi connectivity index (χ4n) is 4.73. The quantitative estimate of drug-likeness (QED) is 0.493. The molecule has 1 fully saturated rings. The Morgan fingerprint density at radius 2 is 1.88 bits per heavy atom. The van der Waals surface area contributed by atoms with Gasteiger partial charge in [-0.1, -0.05) is 45.0 Å². The number of benzene rings is 2. The van der Waals surface area contributed by atoms with Gasteiger partial charge < -0.3 is 4.90 Å². The highest BCUT2D eigenvalue weighted by Crippen LogP contribution is 2.36. The number of nitrogens with zero attached hydrogens (tertiary/aromatic N) is 3. The molecule has 1 saturated heterocycles. The summed E-state index contributed by atoms with van der Waals surface area (Å²) in [4.78, 5) is 13.9. The first-order valence-corrected chi connectivity index (χ1v) is 13.3. The van der Waals surface area contributed by atoms with E-state index in [9.17, 15) is 13.2 Å². The second-order valence-electron chi connectivity index (χ2n) is 9.48. The number of fused-ring (bicyclic) bond motifs is 1. The Hall–Kier alpha value is -2.67. The lowest BCUT2D eigenvalue weighted by molar-refractivity contribution is -0.127. The van der Waals surface area contributed by atoms with E-state index in [-0.39, 0.29) is 17.9 Å². The van der Waals surface area contributed by atoms with Gasteiger partial charge in [-0.15, -0.1) is 0 Å². The molecule has 0 N–H and O–H groups in total. The SMILES string of the molecule is CCc1ccc(C(CC(C)C)S(=O)(=O)c2ccc3c(cnn3C3CCN(C(C)=O)C3)c2)cc1. The summed E-state index contributed by atoms with van der Waals surface area (Å²) < 4.78 is 29.5. The van der Waals surface area contributed by atoms with Gasteiger partial charge in [-0.25, -0.2) is 8.42 Å². The van der Waals surface area contributed by atoms with Gasteiger partial charge in [-0.05, 0) is 54.5 Å². The van der Waals surface area contributed by atoms with E-state index in [1.807, 2.05) is 39.9 Å². The molecule has 0 spiro atoms. The summed E-state index contributed by atoms with van der Waals surface area (Å²) in [5.41, 5.74) is 2.94. The Morgan fingerprint density at radius 3 is 2.48 bits per heavy atom. The standard InChI is InChI=1S/C26H33N3O3S/c1-5-20-6-8-21(9-7-20)26(14-18(2)3)33(31,32)24-10-11-25-22(15-24)16-27-29(25)23-12-13-28(17-23)19(4)30/h6-11,15-16,18,23,26H,5,12-14,17H2,1-4H3. The molecule has 1 aliphatic heterocycles. The van der Waals surface area contributed by atoms with Gasteiger partial charge >= 0.3 is 0 Å². The van der Waals surface area contributed by atoms with Crippen molar-refractivity contribution in [3.8, 4) is 0 Å². The summed E-state index contributed by atoms with van der Waals surface area (Å²) in [5.74, 6) is 0.319. The first kappa shape index (κ1) is 23.5. The van der Waals surface area contributed by atoms with E-state index in [0.717, 1.165) is 35.9 Å². The van der Waals surface area contributed by atoms with Crippen LogP contribution in [0.3, 0.4) is 0 Å². The summed E-state index contributed by atoms with van der Waals surface area (Å²) in [5, 5.41) is 4.77. The summed E-state index contributed by atoms with van der Waals surface area (Å²) in [7, 11) is -3.58. The third-order valence-corrected chi connectivity index (χ3v) is 8.79. The van der Waals surface area contributed by atoms with Crippen LogP contribution in [0.15, 0.2) is 53.6 Å². The molecule has 0 aliphatic carbocycles. The Morgan fingerprint density at radius 1 is 1.15 bits per heavy atom. The van der Waals surface area contributed by atoms with Crippen LogP contribution >= 0.6 is 0 Å². The van der Waals surface area contributed by atoms with Gasteiger partial charge in [0.05, 0.1) is 27.9 Å². The number of sulfone groups is 1. The van der Waals surface area contributed by atoms with Gasteiger partial charge in [-0.2, -0.15) is 5.10 Å². The molecule has 2 aromatic carbocycles. The van der Waals surface area contributed by atoms with Crippen molar-refractivity contribution in [2.75, 3.05) is 13.1 Å².